The monoisotopic (exact) mass is 483 g/mol. The number of amides is 2. The SMILES string of the molecule is O=C(COc1ccccc1C(=O)Nc1nc(-c2cc(F)ccc2F)cs1)Nc1ccccc1F. The molecule has 3 aromatic carbocycles. The predicted molar refractivity (Wildman–Crippen MR) is 122 cm³/mol. The molecule has 0 aliphatic heterocycles. The summed E-state index contributed by atoms with van der Waals surface area (Å²) in [6, 6.07) is 14.9. The van der Waals surface area contributed by atoms with Crippen molar-refractivity contribution in [2.45, 2.75) is 0 Å². The summed E-state index contributed by atoms with van der Waals surface area (Å²) < 4.78 is 46.6. The normalized spacial score (nSPS) is 10.6. The lowest BCUT2D eigenvalue weighted by Gasteiger charge is -2.11. The van der Waals surface area contributed by atoms with Crippen molar-refractivity contribution in [3.8, 4) is 17.0 Å². The number of carbonyl (C=O) groups excluding carboxylic acids is 2. The van der Waals surface area contributed by atoms with Crippen LogP contribution in [0, 0.1) is 17.5 Å². The molecule has 0 fully saturated rings. The summed E-state index contributed by atoms with van der Waals surface area (Å²) in [6.45, 7) is -0.459. The first-order valence-corrected chi connectivity index (χ1v) is 10.8. The minimum absolute atomic E-state index is 0.0106. The molecule has 0 radical (unpaired) electrons. The fraction of sp³-hybridized carbons (Fsp3) is 0.0417. The third kappa shape index (κ3) is 5.41. The zero-order valence-corrected chi connectivity index (χ0v) is 18.2. The molecule has 4 rings (SSSR count). The molecule has 0 aliphatic rings. The fourth-order valence-electron chi connectivity index (χ4n) is 2.99. The average molecular weight is 483 g/mol. The van der Waals surface area contributed by atoms with Gasteiger partial charge in [-0.3, -0.25) is 14.9 Å². The van der Waals surface area contributed by atoms with E-state index in [1.807, 2.05) is 0 Å². The Morgan fingerprint density at radius 3 is 2.50 bits per heavy atom. The number of halogens is 3. The van der Waals surface area contributed by atoms with Gasteiger partial charge in [0.2, 0.25) is 0 Å². The molecular formula is C24H16F3N3O3S. The molecule has 0 unspecified atom stereocenters. The number of carbonyl (C=O) groups is 2. The van der Waals surface area contributed by atoms with Gasteiger partial charge < -0.3 is 10.1 Å². The Kier molecular flexibility index (Phi) is 6.88. The number of nitrogens with zero attached hydrogens (tertiary/aromatic N) is 1. The number of anilines is 2. The van der Waals surface area contributed by atoms with E-state index in [-0.39, 0.29) is 33.4 Å². The van der Waals surface area contributed by atoms with E-state index in [2.05, 4.69) is 15.6 Å². The largest absolute Gasteiger partial charge is 0.483 e. The minimum Gasteiger partial charge on any atom is -0.483 e. The standard InChI is InChI=1S/C24H16F3N3O3S/c25-14-9-10-17(26)16(11-14)20-13-34-24(29-20)30-23(32)15-5-1-4-8-21(15)33-12-22(31)28-19-7-3-2-6-18(19)27/h1-11,13H,12H2,(H,28,31)(H,29,30,32). The molecule has 0 atom stereocenters. The first kappa shape index (κ1) is 23.0. The molecule has 0 spiro atoms. The van der Waals surface area contributed by atoms with Gasteiger partial charge in [0.25, 0.3) is 11.8 Å². The zero-order chi connectivity index (χ0) is 24.1. The molecule has 2 N–H and O–H groups in total. The van der Waals surface area contributed by atoms with Gasteiger partial charge in [-0.1, -0.05) is 24.3 Å². The highest BCUT2D eigenvalue weighted by molar-refractivity contribution is 7.14. The van der Waals surface area contributed by atoms with E-state index in [4.69, 9.17) is 4.74 Å². The van der Waals surface area contributed by atoms with Crippen LogP contribution in [-0.4, -0.2) is 23.4 Å². The number of benzene rings is 3. The molecule has 6 nitrogen and oxygen atoms in total. The quantitative estimate of drug-likeness (QED) is 0.364. The van der Waals surface area contributed by atoms with Crippen LogP contribution in [0.15, 0.2) is 72.1 Å². The third-order valence-corrected chi connectivity index (χ3v) is 5.33. The maximum absolute atomic E-state index is 14.0. The second-order valence-electron chi connectivity index (χ2n) is 6.93. The highest BCUT2D eigenvalue weighted by atomic mass is 32.1. The first-order chi connectivity index (χ1) is 16.4. The molecule has 1 aromatic heterocycles. The van der Waals surface area contributed by atoms with Gasteiger partial charge in [-0.05, 0) is 42.5 Å². The van der Waals surface area contributed by atoms with Gasteiger partial charge >= 0.3 is 0 Å². The number of hydrogen-bond acceptors (Lipinski definition) is 5. The topological polar surface area (TPSA) is 80.3 Å². The summed E-state index contributed by atoms with van der Waals surface area (Å²) in [5, 5.41) is 6.62. The predicted octanol–water partition coefficient (Wildman–Crippen LogP) is 5.50. The Hall–Kier alpha value is -4.18. The molecule has 0 saturated heterocycles. The van der Waals surface area contributed by atoms with E-state index in [1.165, 1.54) is 35.7 Å². The van der Waals surface area contributed by atoms with E-state index >= 15 is 0 Å². The van der Waals surface area contributed by atoms with Crippen molar-refractivity contribution in [1.29, 1.82) is 0 Å². The summed E-state index contributed by atoms with van der Waals surface area (Å²) in [5.74, 6) is -2.90. The van der Waals surface area contributed by atoms with E-state index < -0.39 is 35.9 Å². The van der Waals surface area contributed by atoms with Gasteiger partial charge in [-0.25, -0.2) is 18.2 Å². The van der Waals surface area contributed by atoms with Crippen molar-refractivity contribution < 1.29 is 27.5 Å². The molecule has 10 heteroatoms. The molecule has 172 valence electrons. The zero-order valence-electron chi connectivity index (χ0n) is 17.3. The van der Waals surface area contributed by atoms with Crippen molar-refractivity contribution in [2.24, 2.45) is 0 Å². The maximum Gasteiger partial charge on any atom is 0.262 e. The Morgan fingerprint density at radius 2 is 1.68 bits per heavy atom. The van der Waals surface area contributed by atoms with Gasteiger partial charge in [0.1, 0.15) is 23.2 Å². The van der Waals surface area contributed by atoms with Crippen LogP contribution >= 0.6 is 11.3 Å². The van der Waals surface area contributed by atoms with Crippen molar-refractivity contribution in [3.63, 3.8) is 0 Å². The number of hydrogen-bond donors (Lipinski definition) is 2. The van der Waals surface area contributed by atoms with Crippen molar-refractivity contribution >= 4 is 34.0 Å². The summed E-state index contributed by atoms with van der Waals surface area (Å²) in [7, 11) is 0. The van der Waals surface area contributed by atoms with Crippen LogP contribution in [0.1, 0.15) is 10.4 Å². The number of ether oxygens (including phenoxy) is 1. The number of para-hydroxylation sites is 2. The summed E-state index contributed by atoms with van der Waals surface area (Å²) in [5.41, 5.74) is 0.277. The number of rotatable bonds is 7. The van der Waals surface area contributed by atoms with Gasteiger partial charge in [0.15, 0.2) is 11.7 Å². The van der Waals surface area contributed by atoms with Crippen molar-refractivity contribution in [2.75, 3.05) is 17.2 Å². The van der Waals surface area contributed by atoms with Crippen LogP contribution < -0.4 is 15.4 Å². The highest BCUT2D eigenvalue weighted by Gasteiger charge is 2.17. The van der Waals surface area contributed by atoms with Crippen molar-refractivity contribution in [3.05, 3.63) is 95.1 Å². The fourth-order valence-corrected chi connectivity index (χ4v) is 3.69. The summed E-state index contributed by atoms with van der Waals surface area (Å²) in [4.78, 5) is 29.0. The first-order valence-electron chi connectivity index (χ1n) is 9.89. The number of thiazole rings is 1. The Balaban J connectivity index is 1.43. The van der Waals surface area contributed by atoms with Gasteiger partial charge in [0, 0.05) is 10.9 Å². The van der Waals surface area contributed by atoms with Gasteiger partial charge in [-0.2, -0.15) is 0 Å². The third-order valence-electron chi connectivity index (χ3n) is 4.57. The Bertz CT molecular complexity index is 1360. The lowest BCUT2D eigenvalue weighted by Crippen LogP contribution is -2.22. The lowest BCUT2D eigenvalue weighted by atomic mass is 10.1. The van der Waals surface area contributed by atoms with E-state index in [0.29, 0.717) is 0 Å². The Morgan fingerprint density at radius 1 is 0.912 bits per heavy atom. The van der Waals surface area contributed by atoms with Crippen LogP contribution in [-0.2, 0) is 4.79 Å². The van der Waals surface area contributed by atoms with Crippen molar-refractivity contribution in [1.82, 2.24) is 4.98 Å². The van der Waals surface area contributed by atoms with E-state index in [0.717, 1.165) is 29.5 Å². The second kappa shape index (κ2) is 10.2. The number of nitrogens with one attached hydrogen (secondary N) is 2. The van der Waals surface area contributed by atoms with E-state index in [1.54, 1.807) is 18.2 Å². The Labute approximate surface area is 196 Å². The van der Waals surface area contributed by atoms with Gasteiger partial charge in [0.05, 0.1) is 16.9 Å². The highest BCUT2D eigenvalue weighted by Crippen LogP contribution is 2.28. The molecule has 2 amide bonds. The molecule has 0 saturated carbocycles. The summed E-state index contributed by atoms with van der Waals surface area (Å²) >= 11 is 1.04. The molecule has 0 bridgehead atoms. The van der Waals surface area contributed by atoms with Crippen LogP contribution in [0.25, 0.3) is 11.3 Å². The maximum atomic E-state index is 14.0. The second-order valence-corrected chi connectivity index (χ2v) is 7.79. The molecule has 4 aromatic rings. The number of aromatic nitrogens is 1. The average Bonchev–Trinajstić information content (AvgIpc) is 3.29. The smallest absolute Gasteiger partial charge is 0.262 e. The van der Waals surface area contributed by atoms with Crippen LogP contribution in [0.5, 0.6) is 5.75 Å². The molecule has 1 heterocycles. The molecule has 34 heavy (non-hydrogen) atoms. The molecular weight excluding hydrogens is 467 g/mol. The van der Waals surface area contributed by atoms with Crippen LogP contribution in [0.3, 0.4) is 0 Å². The van der Waals surface area contributed by atoms with Crippen LogP contribution in [0.4, 0.5) is 24.0 Å². The minimum atomic E-state index is -0.642. The molecule has 0 aliphatic carbocycles. The lowest BCUT2D eigenvalue weighted by molar-refractivity contribution is -0.118. The van der Waals surface area contributed by atoms with Crippen LogP contribution in [0.2, 0.25) is 0 Å². The van der Waals surface area contributed by atoms with E-state index in [9.17, 15) is 22.8 Å². The van der Waals surface area contributed by atoms with Gasteiger partial charge in [-0.15, -0.1) is 11.3 Å². The summed E-state index contributed by atoms with van der Waals surface area (Å²) in [6.07, 6.45) is 0.